The summed E-state index contributed by atoms with van der Waals surface area (Å²) in [5, 5.41) is 21.0. The van der Waals surface area contributed by atoms with Crippen molar-refractivity contribution in [1.82, 2.24) is 4.98 Å². The minimum absolute atomic E-state index is 0.131. The summed E-state index contributed by atoms with van der Waals surface area (Å²) in [5.41, 5.74) is 0.393. The lowest BCUT2D eigenvalue weighted by molar-refractivity contribution is 0.179. The summed E-state index contributed by atoms with van der Waals surface area (Å²) in [5.74, 6) is 0.669. The maximum Gasteiger partial charge on any atom is 0.142 e. The van der Waals surface area contributed by atoms with Crippen LogP contribution >= 0.6 is 0 Å². The zero-order valence-electron chi connectivity index (χ0n) is 8.94. The minimum atomic E-state index is -0.341. The first-order valence-electron chi connectivity index (χ1n) is 4.93. The molecule has 1 aromatic heterocycles. The zero-order chi connectivity index (χ0) is 11.3. The maximum atomic E-state index is 9.19. The van der Waals surface area contributed by atoms with Gasteiger partial charge in [-0.1, -0.05) is 6.07 Å². The van der Waals surface area contributed by atoms with Gasteiger partial charge in [0.05, 0.1) is 6.10 Å². The Labute approximate surface area is 89.6 Å². The molecule has 15 heavy (non-hydrogen) atoms. The van der Waals surface area contributed by atoms with Crippen molar-refractivity contribution in [3.8, 4) is 6.07 Å². The van der Waals surface area contributed by atoms with Crippen LogP contribution in [0.25, 0.3) is 0 Å². The number of rotatable bonds is 4. The third kappa shape index (κ3) is 3.96. The standard InChI is InChI=1S/C11H15N3O/c1-8(6-9(2)15)13-11-5-3-4-10(7-12)14-11/h3-5,8-9,15H,6H2,1-2H3,(H,13,14). The summed E-state index contributed by atoms with van der Waals surface area (Å²) in [6.07, 6.45) is 0.310. The Morgan fingerprint density at radius 3 is 2.87 bits per heavy atom. The van der Waals surface area contributed by atoms with Crippen LogP contribution < -0.4 is 5.32 Å². The molecule has 0 aliphatic heterocycles. The average Bonchev–Trinajstić information content (AvgIpc) is 2.16. The first kappa shape index (κ1) is 11.5. The zero-order valence-corrected chi connectivity index (χ0v) is 8.94. The smallest absolute Gasteiger partial charge is 0.142 e. The van der Waals surface area contributed by atoms with E-state index in [1.54, 1.807) is 25.1 Å². The number of nitriles is 1. The number of aromatic nitrogens is 1. The Morgan fingerprint density at radius 1 is 1.53 bits per heavy atom. The van der Waals surface area contributed by atoms with Gasteiger partial charge in [0.1, 0.15) is 17.6 Å². The monoisotopic (exact) mass is 205 g/mol. The normalized spacial score (nSPS) is 14.0. The predicted molar refractivity (Wildman–Crippen MR) is 58.3 cm³/mol. The van der Waals surface area contributed by atoms with Gasteiger partial charge in [0.15, 0.2) is 0 Å². The van der Waals surface area contributed by atoms with Crippen LogP contribution in [0.3, 0.4) is 0 Å². The number of aliphatic hydroxyl groups is 1. The molecule has 2 atom stereocenters. The number of nitrogens with zero attached hydrogens (tertiary/aromatic N) is 2. The van der Waals surface area contributed by atoms with E-state index in [0.29, 0.717) is 17.9 Å². The van der Waals surface area contributed by atoms with Gasteiger partial charge in [0, 0.05) is 6.04 Å². The third-order valence-electron chi connectivity index (χ3n) is 1.95. The van der Waals surface area contributed by atoms with Crippen molar-refractivity contribution in [3.05, 3.63) is 23.9 Å². The molecule has 0 bridgehead atoms. The van der Waals surface area contributed by atoms with Crippen molar-refractivity contribution in [3.63, 3.8) is 0 Å². The van der Waals surface area contributed by atoms with Gasteiger partial charge in [-0.15, -0.1) is 0 Å². The summed E-state index contributed by atoms with van der Waals surface area (Å²) < 4.78 is 0. The van der Waals surface area contributed by atoms with Gasteiger partial charge >= 0.3 is 0 Å². The second kappa shape index (κ2) is 5.32. The fraction of sp³-hybridized carbons (Fsp3) is 0.455. The molecule has 0 saturated heterocycles. The molecule has 2 unspecified atom stereocenters. The number of pyridine rings is 1. The van der Waals surface area contributed by atoms with Gasteiger partial charge in [-0.2, -0.15) is 5.26 Å². The van der Waals surface area contributed by atoms with Crippen molar-refractivity contribution >= 4 is 5.82 Å². The van der Waals surface area contributed by atoms with Gasteiger partial charge in [0.2, 0.25) is 0 Å². The van der Waals surface area contributed by atoms with Crippen LogP contribution in [-0.4, -0.2) is 22.2 Å². The highest BCUT2D eigenvalue weighted by Crippen LogP contribution is 2.08. The Balaban J connectivity index is 2.60. The number of hydrogen-bond acceptors (Lipinski definition) is 4. The summed E-state index contributed by atoms with van der Waals surface area (Å²) in [6, 6.07) is 7.35. The number of aliphatic hydroxyl groups excluding tert-OH is 1. The number of nitrogens with one attached hydrogen (secondary N) is 1. The maximum absolute atomic E-state index is 9.19. The second-order valence-corrected chi connectivity index (χ2v) is 3.65. The molecule has 0 saturated carbocycles. The van der Waals surface area contributed by atoms with Crippen molar-refractivity contribution in [1.29, 1.82) is 5.26 Å². The largest absolute Gasteiger partial charge is 0.393 e. The molecule has 0 fully saturated rings. The van der Waals surface area contributed by atoms with Crippen LogP contribution in [0.1, 0.15) is 26.0 Å². The molecule has 2 N–H and O–H groups in total. The first-order chi connectivity index (χ1) is 7.11. The summed E-state index contributed by atoms with van der Waals surface area (Å²) >= 11 is 0. The Morgan fingerprint density at radius 2 is 2.27 bits per heavy atom. The van der Waals surface area contributed by atoms with Crippen molar-refractivity contribution in [2.24, 2.45) is 0 Å². The number of anilines is 1. The van der Waals surface area contributed by atoms with Gasteiger partial charge in [-0.05, 0) is 32.4 Å². The fourth-order valence-electron chi connectivity index (χ4n) is 1.40. The van der Waals surface area contributed by atoms with Gasteiger partial charge in [-0.3, -0.25) is 0 Å². The molecule has 1 aromatic rings. The highest BCUT2D eigenvalue weighted by atomic mass is 16.3. The van der Waals surface area contributed by atoms with Crippen LogP contribution in [0, 0.1) is 11.3 Å². The van der Waals surface area contributed by atoms with E-state index in [9.17, 15) is 5.11 Å². The van der Waals surface area contributed by atoms with E-state index in [4.69, 9.17) is 5.26 Å². The van der Waals surface area contributed by atoms with Crippen LogP contribution in [0.4, 0.5) is 5.82 Å². The molecule has 4 nitrogen and oxygen atoms in total. The lowest BCUT2D eigenvalue weighted by atomic mass is 10.1. The topological polar surface area (TPSA) is 68.9 Å². The van der Waals surface area contributed by atoms with Crippen LogP contribution in [0.5, 0.6) is 0 Å². The minimum Gasteiger partial charge on any atom is -0.393 e. The third-order valence-corrected chi connectivity index (χ3v) is 1.95. The van der Waals surface area contributed by atoms with E-state index >= 15 is 0 Å². The molecule has 0 radical (unpaired) electrons. The van der Waals surface area contributed by atoms with Crippen LogP contribution in [0.15, 0.2) is 18.2 Å². The molecule has 0 spiro atoms. The van der Waals surface area contributed by atoms with E-state index in [-0.39, 0.29) is 12.1 Å². The van der Waals surface area contributed by atoms with Crippen LogP contribution in [-0.2, 0) is 0 Å². The summed E-state index contributed by atoms with van der Waals surface area (Å²) in [4.78, 5) is 4.08. The predicted octanol–water partition coefficient (Wildman–Crippen LogP) is 1.52. The SMILES string of the molecule is CC(O)CC(C)Nc1cccc(C#N)n1. The summed E-state index contributed by atoms with van der Waals surface area (Å²) in [6.45, 7) is 3.71. The van der Waals surface area contributed by atoms with Gasteiger partial charge in [-0.25, -0.2) is 4.98 Å². The van der Waals surface area contributed by atoms with Gasteiger partial charge in [0.25, 0.3) is 0 Å². The highest BCUT2D eigenvalue weighted by Gasteiger charge is 2.06. The first-order valence-corrected chi connectivity index (χ1v) is 4.93. The lowest BCUT2D eigenvalue weighted by Crippen LogP contribution is -2.21. The van der Waals surface area contributed by atoms with Crippen molar-refractivity contribution in [2.45, 2.75) is 32.4 Å². The van der Waals surface area contributed by atoms with Crippen molar-refractivity contribution in [2.75, 3.05) is 5.32 Å². The molecule has 0 amide bonds. The lowest BCUT2D eigenvalue weighted by Gasteiger charge is -2.15. The molecule has 4 heteroatoms. The molecule has 0 aliphatic carbocycles. The molecule has 1 rings (SSSR count). The fourth-order valence-corrected chi connectivity index (χ4v) is 1.40. The number of hydrogen-bond donors (Lipinski definition) is 2. The van der Waals surface area contributed by atoms with E-state index in [1.807, 2.05) is 13.0 Å². The van der Waals surface area contributed by atoms with E-state index < -0.39 is 0 Å². The molecular formula is C11H15N3O. The molecule has 1 heterocycles. The molecule has 0 aliphatic rings. The Kier molecular flexibility index (Phi) is 4.07. The van der Waals surface area contributed by atoms with E-state index in [1.165, 1.54) is 0 Å². The average molecular weight is 205 g/mol. The van der Waals surface area contributed by atoms with E-state index in [0.717, 1.165) is 0 Å². The van der Waals surface area contributed by atoms with Crippen molar-refractivity contribution < 1.29 is 5.11 Å². The second-order valence-electron chi connectivity index (χ2n) is 3.65. The Hall–Kier alpha value is -1.60. The van der Waals surface area contributed by atoms with Gasteiger partial charge < -0.3 is 10.4 Å². The van der Waals surface area contributed by atoms with E-state index in [2.05, 4.69) is 10.3 Å². The quantitative estimate of drug-likeness (QED) is 0.782. The molecule has 0 aromatic carbocycles. The highest BCUT2D eigenvalue weighted by molar-refractivity contribution is 5.39. The van der Waals surface area contributed by atoms with Crippen LogP contribution in [0.2, 0.25) is 0 Å². The Bertz CT molecular complexity index is 357. The summed E-state index contributed by atoms with van der Waals surface area (Å²) in [7, 11) is 0. The molecule has 80 valence electrons. The molecular weight excluding hydrogens is 190 g/mol.